The second-order valence-electron chi connectivity index (χ2n) is 4.47. The molecule has 108 valence electrons. The molecule has 1 aromatic heterocycles. The monoisotopic (exact) mass is 355 g/mol. The van der Waals surface area contributed by atoms with Crippen LogP contribution in [-0.4, -0.2) is 14.0 Å². The Kier molecular flexibility index (Phi) is 4.99. The minimum Gasteiger partial charge on any atom is -0.398 e. The minimum absolute atomic E-state index is 0.437. The molecule has 0 fully saturated rings. The van der Waals surface area contributed by atoms with Crippen molar-refractivity contribution in [3.63, 3.8) is 0 Å². The normalized spacial score (nSPS) is 12.6. The summed E-state index contributed by atoms with van der Waals surface area (Å²) in [5.74, 6) is 0.437. The van der Waals surface area contributed by atoms with E-state index in [1.165, 1.54) is 0 Å². The summed E-state index contributed by atoms with van der Waals surface area (Å²) in [6.07, 6.45) is 0.882. The lowest BCUT2D eigenvalue weighted by Gasteiger charge is -2.07. The zero-order valence-corrected chi connectivity index (χ0v) is 14.0. The number of nitrogen functional groups attached to an aromatic ring is 1. The predicted molar refractivity (Wildman–Crippen MR) is 85.9 cm³/mol. The Morgan fingerprint density at radius 3 is 2.70 bits per heavy atom. The van der Waals surface area contributed by atoms with Crippen LogP contribution in [0, 0.1) is 0 Å². The molecule has 2 N–H and O–H groups in total. The highest BCUT2D eigenvalue weighted by molar-refractivity contribution is 9.10. The van der Waals surface area contributed by atoms with Crippen molar-refractivity contribution >= 4 is 32.4 Å². The molecule has 1 atom stereocenters. The molecule has 0 spiro atoms. The Morgan fingerprint density at radius 2 is 2.10 bits per heavy atom. The lowest BCUT2D eigenvalue weighted by Crippen LogP contribution is -2.07. The molecule has 20 heavy (non-hydrogen) atoms. The van der Waals surface area contributed by atoms with Crippen LogP contribution in [0.25, 0.3) is 0 Å². The topological polar surface area (TPSA) is 60.9 Å². The number of hydrogen-bond acceptors (Lipinski definition) is 3. The summed E-state index contributed by atoms with van der Waals surface area (Å²) >= 11 is 3.35. The van der Waals surface area contributed by atoms with E-state index in [1.807, 2.05) is 29.8 Å². The molecule has 1 aromatic carbocycles. The first-order chi connectivity index (χ1) is 9.55. The number of halogens is 1. The molecule has 0 aliphatic carbocycles. The molecule has 0 bridgehead atoms. The second-order valence-corrected chi connectivity index (χ2v) is 6.80. The average Bonchev–Trinajstić information content (AvgIpc) is 2.80. The summed E-state index contributed by atoms with van der Waals surface area (Å²) in [5, 5.41) is 4.47. The van der Waals surface area contributed by atoms with Gasteiger partial charge in [-0.15, -0.1) is 0 Å². The van der Waals surface area contributed by atoms with E-state index in [-0.39, 0.29) is 0 Å². The van der Waals surface area contributed by atoms with Gasteiger partial charge in [0.2, 0.25) is 0 Å². The second kappa shape index (κ2) is 6.54. The molecule has 4 nitrogen and oxygen atoms in total. The van der Waals surface area contributed by atoms with Crippen molar-refractivity contribution in [3.8, 4) is 0 Å². The molecule has 0 aliphatic rings. The highest BCUT2D eigenvalue weighted by Crippen LogP contribution is 2.23. The Bertz CT molecular complexity index is 639. The van der Waals surface area contributed by atoms with Crippen LogP contribution in [0.2, 0.25) is 0 Å². The van der Waals surface area contributed by atoms with Crippen molar-refractivity contribution in [3.05, 3.63) is 40.1 Å². The molecule has 2 rings (SSSR count). The lowest BCUT2D eigenvalue weighted by molar-refractivity contribution is 0.623. The van der Waals surface area contributed by atoms with Gasteiger partial charge in [-0.1, -0.05) is 22.9 Å². The van der Waals surface area contributed by atoms with E-state index in [4.69, 9.17) is 5.73 Å². The number of rotatable bonds is 5. The lowest BCUT2D eigenvalue weighted by atomic mass is 10.3. The minimum atomic E-state index is -1.16. The molecule has 0 aliphatic heterocycles. The maximum absolute atomic E-state index is 12.5. The summed E-state index contributed by atoms with van der Waals surface area (Å²) in [4.78, 5) is 0.676. The summed E-state index contributed by atoms with van der Waals surface area (Å²) in [6.45, 7) is 4.88. The van der Waals surface area contributed by atoms with Crippen LogP contribution in [0.3, 0.4) is 0 Å². The van der Waals surface area contributed by atoms with Crippen LogP contribution >= 0.6 is 15.9 Å². The Balaban J connectivity index is 2.25. The molecular formula is C14H18BrN3OS. The van der Waals surface area contributed by atoms with Crippen molar-refractivity contribution < 1.29 is 4.21 Å². The third-order valence-electron chi connectivity index (χ3n) is 3.07. The molecule has 0 amide bonds. The van der Waals surface area contributed by atoms with Gasteiger partial charge < -0.3 is 5.73 Å². The molecule has 0 radical (unpaired) electrons. The quantitative estimate of drug-likeness (QED) is 0.838. The number of aryl methyl sites for hydroxylation is 2. The van der Waals surface area contributed by atoms with Crippen molar-refractivity contribution in [1.29, 1.82) is 0 Å². The fourth-order valence-electron chi connectivity index (χ4n) is 2.02. The summed E-state index contributed by atoms with van der Waals surface area (Å²) in [5.41, 5.74) is 8.51. The largest absolute Gasteiger partial charge is 0.398 e. The van der Waals surface area contributed by atoms with Gasteiger partial charge in [-0.25, -0.2) is 0 Å². The molecule has 2 aromatic rings. The van der Waals surface area contributed by atoms with Gasteiger partial charge in [0.1, 0.15) is 0 Å². The van der Waals surface area contributed by atoms with Gasteiger partial charge in [-0.05, 0) is 37.6 Å². The van der Waals surface area contributed by atoms with Crippen LogP contribution in [0.1, 0.15) is 25.2 Å². The van der Waals surface area contributed by atoms with E-state index in [0.717, 1.165) is 28.8 Å². The predicted octanol–water partition coefficient (Wildman–Crippen LogP) is 3.12. The van der Waals surface area contributed by atoms with Crippen molar-refractivity contribution in [1.82, 2.24) is 9.78 Å². The van der Waals surface area contributed by atoms with Gasteiger partial charge in [0.25, 0.3) is 0 Å². The third-order valence-corrected chi connectivity index (χ3v) is 4.99. The number of anilines is 1. The van der Waals surface area contributed by atoms with E-state index in [9.17, 15) is 4.21 Å². The number of nitrogens with zero attached hydrogens (tertiary/aromatic N) is 2. The van der Waals surface area contributed by atoms with Crippen LogP contribution in [0.5, 0.6) is 0 Å². The number of hydrogen-bond donors (Lipinski definition) is 1. The first-order valence-electron chi connectivity index (χ1n) is 6.54. The molecule has 6 heteroatoms. The van der Waals surface area contributed by atoms with Gasteiger partial charge in [-0.3, -0.25) is 8.89 Å². The Labute approximate surface area is 130 Å². The smallest absolute Gasteiger partial charge is 0.0703 e. The van der Waals surface area contributed by atoms with E-state index in [1.54, 1.807) is 6.07 Å². The molecular weight excluding hydrogens is 338 g/mol. The van der Waals surface area contributed by atoms with Gasteiger partial charge >= 0.3 is 0 Å². The zero-order valence-electron chi connectivity index (χ0n) is 11.6. The number of nitrogens with two attached hydrogens (primary N) is 1. The van der Waals surface area contributed by atoms with Crippen molar-refractivity contribution in [2.24, 2.45) is 0 Å². The van der Waals surface area contributed by atoms with E-state index in [2.05, 4.69) is 28.0 Å². The van der Waals surface area contributed by atoms with Gasteiger partial charge in [-0.2, -0.15) is 5.10 Å². The van der Waals surface area contributed by atoms with Crippen LogP contribution in [0.4, 0.5) is 5.69 Å². The Hall–Kier alpha value is -1.14. The van der Waals surface area contributed by atoms with Crippen LogP contribution in [-0.2, 0) is 29.5 Å². The standard InChI is InChI=1S/C14H18BrN3OS/c1-3-11-8-12(18(4-2)17-11)9-20(19)14-6-5-10(15)7-13(14)16/h5-8H,3-4,9,16H2,1-2H3. The van der Waals surface area contributed by atoms with Crippen molar-refractivity contribution in [2.45, 2.75) is 37.5 Å². The molecule has 0 saturated carbocycles. The van der Waals surface area contributed by atoms with Gasteiger partial charge in [0, 0.05) is 16.7 Å². The van der Waals surface area contributed by atoms with Crippen LogP contribution in [0.15, 0.2) is 33.6 Å². The number of aromatic nitrogens is 2. The maximum Gasteiger partial charge on any atom is 0.0703 e. The Morgan fingerprint density at radius 1 is 1.35 bits per heavy atom. The highest BCUT2D eigenvalue weighted by atomic mass is 79.9. The average molecular weight is 356 g/mol. The molecule has 0 saturated heterocycles. The van der Waals surface area contributed by atoms with E-state index in [0.29, 0.717) is 16.3 Å². The first-order valence-corrected chi connectivity index (χ1v) is 8.65. The third kappa shape index (κ3) is 3.30. The maximum atomic E-state index is 12.5. The molecule has 1 unspecified atom stereocenters. The SMILES string of the molecule is CCc1cc(CS(=O)c2ccc(Br)cc2N)n(CC)n1. The van der Waals surface area contributed by atoms with Crippen molar-refractivity contribution in [2.75, 3.05) is 5.73 Å². The van der Waals surface area contributed by atoms with E-state index >= 15 is 0 Å². The summed E-state index contributed by atoms with van der Waals surface area (Å²) < 4.78 is 15.3. The summed E-state index contributed by atoms with van der Waals surface area (Å²) in [6, 6.07) is 7.47. The fraction of sp³-hybridized carbons (Fsp3) is 0.357. The highest BCUT2D eigenvalue weighted by Gasteiger charge is 2.13. The molecule has 1 heterocycles. The van der Waals surface area contributed by atoms with Crippen LogP contribution < -0.4 is 5.73 Å². The summed E-state index contributed by atoms with van der Waals surface area (Å²) in [7, 11) is -1.16. The first kappa shape index (κ1) is 15.3. The fourth-order valence-corrected chi connectivity index (χ4v) is 3.59. The number of benzene rings is 1. The zero-order chi connectivity index (χ0) is 14.7. The van der Waals surface area contributed by atoms with Gasteiger partial charge in [0.15, 0.2) is 0 Å². The van der Waals surface area contributed by atoms with E-state index < -0.39 is 10.8 Å². The van der Waals surface area contributed by atoms with Gasteiger partial charge in [0.05, 0.1) is 32.8 Å².